The minimum absolute atomic E-state index is 0. The van der Waals surface area contributed by atoms with Crippen molar-refractivity contribution in [2.45, 2.75) is 6.42 Å². The summed E-state index contributed by atoms with van der Waals surface area (Å²) in [4.78, 5) is 16.7. The maximum absolute atomic E-state index is 12.0. The average molecular weight is 384 g/mol. The third kappa shape index (κ3) is 6.10. The van der Waals surface area contributed by atoms with E-state index in [0.29, 0.717) is 6.42 Å². The summed E-state index contributed by atoms with van der Waals surface area (Å²) in [5, 5.41) is 0. The molecule has 0 aromatic heterocycles. The third-order valence-electron chi connectivity index (χ3n) is 3.42. The van der Waals surface area contributed by atoms with Crippen LogP contribution in [0, 0.1) is 0 Å². The Hall–Kier alpha value is -0.130. The van der Waals surface area contributed by atoms with Gasteiger partial charge in [0.15, 0.2) is 5.78 Å². The van der Waals surface area contributed by atoms with Crippen molar-refractivity contribution in [1.29, 1.82) is 0 Å². The smallest absolute Gasteiger partial charge is 0.164 e. The number of Topliss-reactive ketones (excluding diaryl/α,β-unsaturated/α-hetero) is 1. The molecule has 3 nitrogen and oxygen atoms in total. The van der Waals surface area contributed by atoms with Crippen LogP contribution in [0.1, 0.15) is 16.8 Å². The number of hydrogen-bond donors (Lipinski definition) is 0. The van der Waals surface area contributed by atoms with E-state index in [1.165, 1.54) is 0 Å². The Labute approximate surface area is 141 Å². The predicted octanol–water partition coefficient (Wildman–Crippen LogP) is 3.11. The summed E-state index contributed by atoms with van der Waals surface area (Å²) in [5.41, 5.74) is 0.812. The third-order valence-corrected chi connectivity index (χ3v) is 3.95. The predicted molar refractivity (Wildman–Crippen MR) is 91.5 cm³/mol. The summed E-state index contributed by atoms with van der Waals surface area (Å²) in [6, 6.07) is 7.61. The molecule has 1 heterocycles. The topological polar surface area (TPSA) is 23.6 Å². The number of hydrogen-bond acceptors (Lipinski definition) is 3. The molecule has 0 amide bonds. The van der Waals surface area contributed by atoms with Crippen molar-refractivity contribution in [2.24, 2.45) is 0 Å². The zero-order valence-electron chi connectivity index (χ0n) is 11.5. The molecular weight excluding hydrogens is 363 g/mol. The van der Waals surface area contributed by atoms with Gasteiger partial charge in [0.2, 0.25) is 0 Å². The SMILES string of the molecule is CN1CCN(CCC(=O)c2ccc(Br)cc2)CC1.Cl.Cl. The monoisotopic (exact) mass is 382 g/mol. The van der Waals surface area contributed by atoms with Gasteiger partial charge in [-0.2, -0.15) is 0 Å². The van der Waals surface area contributed by atoms with Crippen molar-refractivity contribution < 1.29 is 4.79 Å². The Morgan fingerprint density at radius 1 is 1.10 bits per heavy atom. The Kier molecular flexibility index (Phi) is 9.68. The first kappa shape index (κ1) is 19.9. The maximum atomic E-state index is 12.0. The van der Waals surface area contributed by atoms with Crippen LogP contribution in [0.4, 0.5) is 0 Å². The molecule has 1 aromatic rings. The van der Waals surface area contributed by atoms with Crippen LogP contribution in [-0.4, -0.2) is 55.4 Å². The van der Waals surface area contributed by atoms with Crippen LogP contribution in [-0.2, 0) is 0 Å². The van der Waals surface area contributed by atoms with Crippen molar-refractivity contribution >= 4 is 46.5 Å². The number of benzene rings is 1. The highest BCUT2D eigenvalue weighted by Gasteiger charge is 2.15. The Balaban J connectivity index is 0.00000180. The fourth-order valence-corrected chi connectivity index (χ4v) is 2.38. The Morgan fingerprint density at radius 2 is 1.65 bits per heavy atom. The minimum atomic E-state index is 0. The van der Waals surface area contributed by atoms with Crippen LogP contribution in [0.25, 0.3) is 0 Å². The first-order valence-electron chi connectivity index (χ1n) is 6.35. The van der Waals surface area contributed by atoms with Crippen molar-refractivity contribution in [1.82, 2.24) is 9.80 Å². The van der Waals surface area contributed by atoms with E-state index < -0.39 is 0 Å². The van der Waals surface area contributed by atoms with Crippen LogP contribution in [0.3, 0.4) is 0 Å². The molecule has 0 atom stereocenters. The normalized spacial score (nSPS) is 16.1. The largest absolute Gasteiger partial charge is 0.304 e. The summed E-state index contributed by atoms with van der Waals surface area (Å²) in [5.74, 6) is 0.237. The van der Waals surface area contributed by atoms with Crippen LogP contribution in [0.2, 0.25) is 0 Å². The van der Waals surface area contributed by atoms with E-state index in [1.807, 2.05) is 24.3 Å². The fraction of sp³-hybridized carbons (Fsp3) is 0.500. The maximum Gasteiger partial charge on any atom is 0.164 e. The Bertz CT molecular complexity index is 406. The van der Waals surface area contributed by atoms with Gasteiger partial charge in [0.1, 0.15) is 0 Å². The highest BCUT2D eigenvalue weighted by atomic mass is 79.9. The lowest BCUT2D eigenvalue weighted by molar-refractivity contribution is 0.0942. The van der Waals surface area contributed by atoms with Crippen LogP contribution in [0.15, 0.2) is 28.7 Å². The van der Waals surface area contributed by atoms with E-state index in [0.717, 1.165) is 42.8 Å². The lowest BCUT2D eigenvalue weighted by atomic mass is 10.1. The van der Waals surface area contributed by atoms with Gasteiger partial charge in [0, 0.05) is 49.2 Å². The highest BCUT2D eigenvalue weighted by Crippen LogP contribution is 2.12. The first-order valence-corrected chi connectivity index (χ1v) is 7.14. The van der Waals surface area contributed by atoms with E-state index in [2.05, 4.69) is 32.8 Å². The van der Waals surface area contributed by atoms with Crippen LogP contribution >= 0.6 is 40.7 Å². The number of ketones is 1. The van der Waals surface area contributed by atoms with Crippen molar-refractivity contribution in [2.75, 3.05) is 39.8 Å². The second kappa shape index (κ2) is 9.74. The average Bonchev–Trinajstić information content (AvgIpc) is 2.38. The number of carbonyl (C=O) groups excluding carboxylic acids is 1. The standard InChI is InChI=1S/C14H19BrN2O.2ClH/c1-16-8-10-17(11-9-16)7-6-14(18)12-2-4-13(15)5-3-12;;/h2-5H,6-11H2,1H3;2*1H. The zero-order valence-corrected chi connectivity index (χ0v) is 14.8. The molecule has 0 saturated carbocycles. The summed E-state index contributed by atoms with van der Waals surface area (Å²) in [7, 11) is 2.14. The molecule has 0 N–H and O–H groups in total. The van der Waals surface area contributed by atoms with Gasteiger partial charge < -0.3 is 9.80 Å². The number of carbonyl (C=O) groups is 1. The van der Waals surface area contributed by atoms with E-state index >= 15 is 0 Å². The minimum Gasteiger partial charge on any atom is -0.304 e. The van der Waals surface area contributed by atoms with Gasteiger partial charge in [-0.3, -0.25) is 4.79 Å². The van der Waals surface area contributed by atoms with E-state index in [9.17, 15) is 4.79 Å². The molecule has 1 saturated heterocycles. The van der Waals surface area contributed by atoms with Gasteiger partial charge in [-0.25, -0.2) is 0 Å². The fourth-order valence-electron chi connectivity index (χ4n) is 2.11. The van der Waals surface area contributed by atoms with Gasteiger partial charge >= 0.3 is 0 Å². The number of nitrogens with zero attached hydrogens (tertiary/aromatic N) is 2. The van der Waals surface area contributed by atoms with Gasteiger partial charge in [-0.15, -0.1) is 24.8 Å². The quantitative estimate of drug-likeness (QED) is 0.746. The number of halogens is 3. The molecule has 0 radical (unpaired) electrons. The van der Waals surface area contributed by atoms with Gasteiger partial charge in [-0.1, -0.05) is 28.1 Å². The molecule has 0 unspecified atom stereocenters. The number of likely N-dealkylation sites (N-methyl/N-ethyl adjacent to an activating group) is 1. The molecule has 20 heavy (non-hydrogen) atoms. The second-order valence-electron chi connectivity index (χ2n) is 4.82. The zero-order chi connectivity index (χ0) is 13.0. The molecule has 1 aliphatic rings. The van der Waals surface area contributed by atoms with Gasteiger partial charge in [-0.05, 0) is 19.2 Å². The molecule has 1 fully saturated rings. The van der Waals surface area contributed by atoms with E-state index in [4.69, 9.17) is 0 Å². The van der Waals surface area contributed by atoms with Gasteiger partial charge in [0.25, 0.3) is 0 Å². The molecule has 0 aliphatic carbocycles. The van der Waals surface area contributed by atoms with Crippen LogP contribution < -0.4 is 0 Å². The van der Waals surface area contributed by atoms with E-state index in [1.54, 1.807) is 0 Å². The molecule has 114 valence electrons. The molecular formula is C14H21BrCl2N2O. The number of rotatable bonds is 4. The Morgan fingerprint density at radius 3 is 2.20 bits per heavy atom. The molecule has 6 heteroatoms. The highest BCUT2D eigenvalue weighted by molar-refractivity contribution is 9.10. The first-order chi connectivity index (χ1) is 8.65. The van der Waals surface area contributed by atoms with Crippen molar-refractivity contribution in [3.05, 3.63) is 34.3 Å². The summed E-state index contributed by atoms with van der Waals surface area (Å²) in [6.07, 6.45) is 0.616. The van der Waals surface area contributed by atoms with E-state index in [-0.39, 0.29) is 30.6 Å². The summed E-state index contributed by atoms with van der Waals surface area (Å²) < 4.78 is 1.01. The molecule has 1 aliphatic heterocycles. The molecule has 1 aromatic carbocycles. The summed E-state index contributed by atoms with van der Waals surface area (Å²) >= 11 is 3.38. The number of piperazine rings is 1. The van der Waals surface area contributed by atoms with Crippen LogP contribution in [0.5, 0.6) is 0 Å². The molecule has 0 spiro atoms. The van der Waals surface area contributed by atoms with Crippen molar-refractivity contribution in [3.63, 3.8) is 0 Å². The molecule has 2 rings (SSSR count). The van der Waals surface area contributed by atoms with Gasteiger partial charge in [0.05, 0.1) is 0 Å². The summed E-state index contributed by atoms with van der Waals surface area (Å²) in [6.45, 7) is 5.23. The lowest BCUT2D eigenvalue weighted by Gasteiger charge is -2.32. The molecule has 0 bridgehead atoms. The second-order valence-corrected chi connectivity index (χ2v) is 5.74. The lowest BCUT2D eigenvalue weighted by Crippen LogP contribution is -2.45. The van der Waals surface area contributed by atoms with Crippen molar-refractivity contribution in [3.8, 4) is 0 Å².